The molecule has 2 aromatic rings. The number of hydrogen-bond donors (Lipinski definition) is 2. The van der Waals surface area contributed by atoms with Crippen molar-refractivity contribution in [3.63, 3.8) is 0 Å². The largest absolute Gasteiger partial charge is 0.436 e. The smallest absolute Gasteiger partial charge is 0.412 e. The van der Waals surface area contributed by atoms with Crippen LogP contribution in [0.3, 0.4) is 0 Å². The van der Waals surface area contributed by atoms with Crippen molar-refractivity contribution in [2.45, 2.75) is 6.92 Å². The summed E-state index contributed by atoms with van der Waals surface area (Å²) in [7, 11) is 0. The van der Waals surface area contributed by atoms with Crippen molar-refractivity contribution in [2.75, 3.05) is 11.9 Å². The number of terminal acetylenes is 1. The number of benzene rings is 1. The van der Waals surface area contributed by atoms with Crippen LogP contribution in [0, 0.1) is 19.3 Å². The van der Waals surface area contributed by atoms with Crippen molar-refractivity contribution < 1.29 is 9.53 Å². The molecule has 0 bridgehead atoms. The number of hydrogen-bond acceptors (Lipinski definition) is 4. The van der Waals surface area contributed by atoms with Gasteiger partial charge in [-0.25, -0.2) is 9.89 Å². The first kappa shape index (κ1) is 14.3. The molecule has 6 nitrogen and oxygen atoms in total. The van der Waals surface area contributed by atoms with E-state index in [0.29, 0.717) is 11.4 Å². The van der Waals surface area contributed by atoms with Gasteiger partial charge in [-0.15, -0.1) is 6.42 Å². The third kappa shape index (κ3) is 3.70. The zero-order chi connectivity index (χ0) is 15.2. The zero-order valence-corrected chi connectivity index (χ0v) is 11.3. The number of ether oxygens (including phenoxy) is 1. The van der Waals surface area contributed by atoms with E-state index in [4.69, 9.17) is 11.2 Å². The SMILES string of the molecule is C#CCOC(=O)Nc1ccc(-c2n[nH]c(=O)cc2C)cc1. The number of nitrogens with one attached hydrogen (secondary N) is 2. The van der Waals surface area contributed by atoms with E-state index in [0.717, 1.165) is 11.1 Å². The molecule has 0 atom stereocenters. The maximum Gasteiger partial charge on any atom is 0.412 e. The second-order valence-corrected chi connectivity index (χ2v) is 4.25. The molecule has 0 spiro atoms. The second kappa shape index (κ2) is 6.39. The Labute approximate surface area is 121 Å². The Hall–Kier alpha value is -3.07. The highest BCUT2D eigenvalue weighted by Gasteiger charge is 2.06. The first-order valence-electron chi connectivity index (χ1n) is 6.14. The van der Waals surface area contributed by atoms with Gasteiger partial charge in [0.25, 0.3) is 5.56 Å². The third-order valence-corrected chi connectivity index (χ3v) is 2.69. The second-order valence-electron chi connectivity index (χ2n) is 4.25. The number of amides is 1. The minimum absolute atomic E-state index is 0.0790. The summed E-state index contributed by atoms with van der Waals surface area (Å²) >= 11 is 0. The molecule has 2 rings (SSSR count). The molecule has 0 aliphatic carbocycles. The predicted molar refractivity (Wildman–Crippen MR) is 78.8 cm³/mol. The van der Waals surface area contributed by atoms with Crippen molar-refractivity contribution >= 4 is 11.8 Å². The van der Waals surface area contributed by atoms with Crippen molar-refractivity contribution in [1.29, 1.82) is 0 Å². The van der Waals surface area contributed by atoms with Crippen LogP contribution in [0.5, 0.6) is 0 Å². The highest BCUT2D eigenvalue weighted by molar-refractivity contribution is 5.85. The molecule has 0 aliphatic rings. The molecule has 21 heavy (non-hydrogen) atoms. The van der Waals surface area contributed by atoms with E-state index in [2.05, 4.69) is 21.4 Å². The van der Waals surface area contributed by atoms with E-state index in [9.17, 15) is 9.59 Å². The Balaban J connectivity index is 2.14. The summed E-state index contributed by atoms with van der Waals surface area (Å²) < 4.78 is 4.70. The van der Waals surface area contributed by atoms with Gasteiger partial charge in [0, 0.05) is 17.3 Å². The monoisotopic (exact) mass is 283 g/mol. The van der Waals surface area contributed by atoms with Crippen molar-refractivity contribution in [1.82, 2.24) is 10.2 Å². The molecule has 2 N–H and O–H groups in total. The summed E-state index contributed by atoms with van der Waals surface area (Å²) in [5, 5.41) is 8.95. The molecule has 1 aromatic carbocycles. The maximum absolute atomic E-state index is 11.3. The van der Waals surface area contributed by atoms with Gasteiger partial charge in [-0.3, -0.25) is 10.1 Å². The number of rotatable bonds is 3. The normalized spacial score (nSPS) is 9.71. The highest BCUT2D eigenvalue weighted by atomic mass is 16.5. The lowest BCUT2D eigenvalue weighted by Gasteiger charge is -2.07. The first-order valence-corrected chi connectivity index (χ1v) is 6.14. The lowest BCUT2D eigenvalue weighted by Crippen LogP contribution is -2.13. The number of anilines is 1. The molecule has 1 aromatic heterocycles. The molecular formula is C15H13N3O3. The van der Waals surface area contributed by atoms with Crippen LogP contribution in [0.2, 0.25) is 0 Å². The number of H-pyrrole nitrogens is 1. The minimum atomic E-state index is -0.612. The minimum Gasteiger partial charge on any atom is -0.436 e. The van der Waals surface area contributed by atoms with Crippen LogP contribution in [-0.4, -0.2) is 22.9 Å². The average molecular weight is 283 g/mol. The van der Waals surface area contributed by atoms with Gasteiger partial charge < -0.3 is 4.74 Å². The number of nitrogens with zero attached hydrogens (tertiary/aromatic N) is 1. The van der Waals surface area contributed by atoms with E-state index in [1.54, 1.807) is 31.2 Å². The number of aromatic nitrogens is 2. The lowest BCUT2D eigenvalue weighted by atomic mass is 10.1. The highest BCUT2D eigenvalue weighted by Crippen LogP contribution is 2.21. The molecule has 1 amide bonds. The van der Waals surface area contributed by atoms with Gasteiger partial charge in [0.05, 0.1) is 5.69 Å². The quantitative estimate of drug-likeness (QED) is 0.843. The number of aromatic amines is 1. The molecule has 0 unspecified atom stereocenters. The molecule has 0 aliphatic heterocycles. The predicted octanol–water partition coefficient (Wildman–Crippen LogP) is 1.93. The Bertz CT molecular complexity index is 742. The molecule has 0 saturated carbocycles. The van der Waals surface area contributed by atoms with Gasteiger partial charge in [-0.05, 0) is 24.6 Å². The summed E-state index contributed by atoms with van der Waals surface area (Å²) in [5.74, 6) is 2.21. The third-order valence-electron chi connectivity index (χ3n) is 2.69. The van der Waals surface area contributed by atoms with E-state index in [1.807, 2.05) is 0 Å². The van der Waals surface area contributed by atoms with Gasteiger partial charge in [-0.1, -0.05) is 18.1 Å². The molecule has 6 heteroatoms. The first-order chi connectivity index (χ1) is 10.1. The van der Waals surface area contributed by atoms with Crippen LogP contribution in [0.25, 0.3) is 11.3 Å². The van der Waals surface area contributed by atoms with Crippen LogP contribution < -0.4 is 10.9 Å². The van der Waals surface area contributed by atoms with E-state index in [-0.39, 0.29) is 12.2 Å². The number of carbonyl (C=O) groups is 1. The van der Waals surface area contributed by atoms with Gasteiger partial charge in [0.1, 0.15) is 0 Å². The van der Waals surface area contributed by atoms with Gasteiger partial charge in [0.2, 0.25) is 0 Å². The molecule has 0 radical (unpaired) electrons. The Kier molecular flexibility index (Phi) is 4.36. The summed E-state index contributed by atoms with van der Waals surface area (Å²) in [5.41, 5.74) is 2.60. The van der Waals surface area contributed by atoms with Crippen LogP contribution in [0.15, 0.2) is 35.1 Å². The Morgan fingerprint density at radius 3 is 2.76 bits per heavy atom. The fourth-order valence-electron chi connectivity index (χ4n) is 1.76. The van der Waals surface area contributed by atoms with E-state index < -0.39 is 6.09 Å². The topological polar surface area (TPSA) is 84.1 Å². The van der Waals surface area contributed by atoms with E-state index >= 15 is 0 Å². The molecule has 1 heterocycles. The summed E-state index contributed by atoms with van der Waals surface area (Å²) in [4.78, 5) is 22.5. The van der Waals surface area contributed by atoms with Gasteiger partial charge in [0.15, 0.2) is 6.61 Å². The maximum atomic E-state index is 11.3. The zero-order valence-electron chi connectivity index (χ0n) is 11.3. The van der Waals surface area contributed by atoms with Crippen LogP contribution in [0.4, 0.5) is 10.5 Å². The average Bonchev–Trinajstić information content (AvgIpc) is 2.46. The Morgan fingerprint density at radius 2 is 2.14 bits per heavy atom. The van der Waals surface area contributed by atoms with Crippen molar-refractivity contribution in [2.24, 2.45) is 0 Å². The standard InChI is InChI=1S/C15H13N3O3/c1-3-8-21-15(20)16-12-6-4-11(5-7-12)14-10(2)9-13(19)17-18-14/h1,4-7,9H,8H2,2H3,(H,16,20)(H,17,19). The van der Waals surface area contributed by atoms with Gasteiger partial charge >= 0.3 is 6.09 Å². The van der Waals surface area contributed by atoms with Gasteiger partial charge in [-0.2, -0.15) is 5.10 Å². The summed E-state index contributed by atoms with van der Waals surface area (Å²) in [6.07, 6.45) is 4.38. The fourth-order valence-corrected chi connectivity index (χ4v) is 1.76. The Morgan fingerprint density at radius 1 is 1.43 bits per heavy atom. The summed E-state index contributed by atoms with van der Waals surface area (Å²) in [6.45, 7) is 1.73. The van der Waals surface area contributed by atoms with Crippen LogP contribution in [-0.2, 0) is 4.74 Å². The fraction of sp³-hybridized carbons (Fsp3) is 0.133. The van der Waals surface area contributed by atoms with Crippen molar-refractivity contribution in [3.05, 3.63) is 46.2 Å². The van der Waals surface area contributed by atoms with Crippen LogP contribution in [0.1, 0.15) is 5.56 Å². The number of aryl methyl sites for hydroxylation is 1. The van der Waals surface area contributed by atoms with E-state index in [1.165, 1.54) is 6.07 Å². The number of carbonyl (C=O) groups excluding carboxylic acids is 1. The lowest BCUT2D eigenvalue weighted by molar-refractivity contribution is 0.176. The molecule has 0 saturated heterocycles. The summed E-state index contributed by atoms with van der Waals surface area (Å²) in [6, 6.07) is 8.46. The van der Waals surface area contributed by atoms with Crippen LogP contribution >= 0.6 is 0 Å². The molecular weight excluding hydrogens is 270 g/mol. The molecule has 106 valence electrons. The molecule has 0 fully saturated rings. The van der Waals surface area contributed by atoms with Crippen molar-refractivity contribution in [3.8, 4) is 23.6 Å².